The molecule has 1 saturated carbocycles. The van der Waals surface area contributed by atoms with Crippen molar-refractivity contribution in [2.45, 2.75) is 44.6 Å². The summed E-state index contributed by atoms with van der Waals surface area (Å²) >= 11 is 18.5. The number of benzene rings is 2. The number of likely N-dealkylation sites (N-methyl/N-ethyl adjacent to an activating group) is 1. The molecule has 0 unspecified atom stereocenters. The van der Waals surface area contributed by atoms with E-state index in [4.69, 9.17) is 39.5 Å². The second-order valence-corrected chi connectivity index (χ2v) is 12.4. The molecule has 2 atom stereocenters. The van der Waals surface area contributed by atoms with Crippen LogP contribution in [-0.2, 0) is 9.59 Å². The van der Waals surface area contributed by atoms with Crippen molar-refractivity contribution in [3.63, 3.8) is 0 Å². The fourth-order valence-electron chi connectivity index (χ4n) is 5.61. The highest BCUT2D eigenvalue weighted by molar-refractivity contribution is 6.42. The van der Waals surface area contributed by atoms with Gasteiger partial charge in [-0.2, -0.15) is 0 Å². The number of ether oxygens (including phenoxy) is 1. The van der Waals surface area contributed by atoms with E-state index < -0.39 is 6.09 Å². The molecule has 2 aliphatic heterocycles. The number of hydrogen-bond donors (Lipinski definition) is 0. The van der Waals surface area contributed by atoms with Crippen molar-refractivity contribution in [2.75, 3.05) is 33.2 Å². The predicted octanol–water partition coefficient (Wildman–Crippen LogP) is 6.11. The van der Waals surface area contributed by atoms with E-state index in [1.54, 1.807) is 48.3 Å². The minimum atomic E-state index is -0.526. The number of halogens is 3. The van der Waals surface area contributed by atoms with Crippen LogP contribution < -0.4 is 4.74 Å². The lowest BCUT2D eigenvalue weighted by Gasteiger charge is -2.34. The Morgan fingerprint density at radius 2 is 1.59 bits per heavy atom. The highest BCUT2D eigenvalue weighted by atomic mass is 35.5. The van der Waals surface area contributed by atoms with Gasteiger partial charge in [-0.15, -0.1) is 0 Å². The zero-order valence-electron chi connectivity index (χ0n) is 22.0. The number of likely N-dealkylation sites (tertiary alicyclic amines) is 2. The standard InChI is InChI=1S/C29H32Cl3N3O4/c1-29(11-12-29)27(37)34-13-9-18(10-14-34)26(36)35-16-22(19-3-8-23(31)24(32)15-19)25(17-35)33(2)28(38)39-21-6-4-20(30)5-7-21/h3-8,15,18,22,25H,9-14,16-17H2,1-2H3/t22-,25+/m1/s1. The highest BCUT2D eigenvalue weighted by Gasteiger charge is 2.48. The lowest BCUT2D eigenvalue weighted by molar-refractivity contribution is -0.142. The van der Waals surface area contributed by atoms with Gasteiger partial charge in [0, 0.05) is 55.5 Å². The monoisotopic (exact) mass is 591 g/mol. The van der Waals surface area contributed by atoms with Gasteiger partial charge in [-0.05, 0) is 67.6 Å². The molecule has 0 radical (unpaired) electrons. The van der Waals surface area contributed by atoms with Crippen molar-refractivity contribution in [1.82, 2.24) is 14.7 Å². The van der Waals surface area contributed by atoms with Crippen LogP contribution in [0.15, 0.2) is 42.5 Å². The molecule has 2 heterocycles. The first-order valence-electron chi connectivity index (χ1n) is 13.3. The summed E-state index contributed by atoms with van der Waals surface area (Å²) in [5, 5.41) is 1.41. The van der Waals surface area contributed by atoms with Crippen molar-refractivity contribution in [3.8, 4) is 5.75 Å². The molecule has 1 aliphatic carbocycles. The van der Waals surface area contributed by atoms with Crippen LogP contribution >= 0.6 is 34.8 Å². The molecule has 10 heteroatoms. The van der Waals surface area contributed by atoms with Crippen molar-refractivity contribution < 1.29 is 19.1 Å². The Morgan fingerprint density at radius 3 is 2.21 bits per heavy atom. The molecule has 3 fully saturated rings. The number of hydrogen-bond acceptors (Lipinski definition) is 4. The molecule has 2 aromatic carbocycles. The molecule has 2 saturated heterocycles. The van der Waals surface area contributed by atoms with Gasteiger partial charge in [-0.3, -0.25) is 9.59 Å². The number of nitrogens with zero attached hydrogens (tertiary/aromatic N) is 3. The molecule has 3 amide bonds. The van der Waals surface area contributed by atoms with Crippen LogP contribution in [0.4, 0.5) is 4.79 Å². The van der Waals surface area contributed by atoms with Crippen molar-refractivity contribution in [3.05, 3.63) is 63.1 Å². The molecule has 0 spiro atoms. The van der Waals surface area contributed by atoms with Crippen LogP contribution in [-0.4, -0.2) is 71.9 Å². The van der Waals surface area contributed by atoms with Gasteiger partial charge in [0.2, 0.25) is 11.8 Å². The van der Waals surface area contributed by atoms with E-state index >= 15 is 0 Å². The van der Waals surface area contributed by atoms with E-state index in [0.717, 1.165) is 18.4 Å². The Kier molecular flexibility index (Phi) is 8.05. The van der Waals surface area contributed by atoms with Crippen LogP contribution in [0.25, 0.3) is 0 Å². The smallest absolute Gasteiger partial charge is 0.410 e. The minimum absolute atomic E-state index is 0.0618. The van der Waals surface area contributed by atoms with Gasteiger partial charge < -0.3 is 19.4 Å². The molecule has 208 valence electrons. The molecule has 7 nitrogen and oxygen atoms in total. The second-order valence-electron chi connectivity index (χ2n) is 11.2. The Morgan fingerprint density at radius 1 is 0.923 bits per heavy atom. The summed E-state index contributed by atoms with van der Waals surface area (Å²) in [6.07, 6.45) is 2.66. The van der Waals surface area contributed by atoms with Crippen LogP contribution in [0.3, 0.4) is 0 Å². The summed E-state index contributed by atoms with van der Waals surface area (Å²) in [6.45, 7) is 4.04. The van der Waals surface area contributed by atoms with Crippen molar-refractivity contribution in [1.29, 1.82) is 0 Å². The number of rotatable bonds is 5. The average Bonchev–Trinajstić information content (AvgIpc) is 3.53. The summed E-state index contributed by atoms with van der Waals surface area (Å²) < 4.78 is 5.59. The SMILES string of the molecule is CN(C(=O)Oc1ccc(Cl)cc1)[C@H]1CN(C(=O)C2CCN(C(=O)C3(C)CC3)CC2)C[C@@H]1c1ccc(Cl)c(Cl)c1. The maximum atomic E-state index is 13.7. The van der Waals surface area contributed by atoms with E-state index in [9.17, 15) is 14.4 Å². The maximum absolute atomic E-state index is 13.7. The Bertz CT molecular complexity index is 1260. The number of carbonyl (C=O) groups is 3. The van der Waals surface area contributed by atoms with Crippen LogP contribution in [0.1, 0.15) is 44.1 Å². The first-order valence-corrected chi connectivity index (χ1v) is 14.4. The zero-order valence-corrected chi connectivity index (χ0v) is 24.3. The lowest BCUT2D eigenvalue weighted by atomic mass is 9.93. The molecular weight excluding hydrogens is 561 g/mol. The first kappa shape index (κ1) is 28.1. The third-order valence-corrected chi connectivity index (χ3v) is 9.42. The van der Waals surface area contributed by atoms with Crippen LogP contribution in [0.5, 0.6) is 5.75 Å². The Hall–Kier alpha value is -2.48. The zero-order chi connectivity index (χ0) is 27.9. The van der Waals surface area contributed by atoms with Gasteiger partial charge in [0.1, 0.15) is 5.75 Å². The van der Waals surface area contributed by atoms with E-state index in [0.29, 0.717) is 59.8 Å². The molecule has 5 rings (SSSR count). The Balaban J connectivity index is 1.30. The fourth-order valence-corrected chi connectivity index (χ4v) is 6.04. The molecular formula is C29H32Cl3N3O4. The van der Waals surface area contributed by atoms with Crippen LogP contribution in [0.2, 0.25) is 15.1 Å². The lowest BCUT2D eigenvalue weighted by Crippen LogP contribution is -2.46. The van der Waals surface area contributed by atoms with Crippen LogP contribution in [0, 0.1) is 11.3 Å². The summed E-state index contributed by atoms with van der Waals surface area (Å²) in [4.78, 5) is 44.9. The van der Waals surface area contributed by atoms with E-state index in [2.05, 4.69) is 0 Å². The highest BCUT2D eigenvalue weighted by Crippen LogP contribution is 2.47. The summed E-state index contributed by atoms with van der Waals surface area (Å²) in [7, 11) is 1.68. The van der Waals surface area contributed by atoms with Gasteiger partial charge in [0.05, 0.1) is 16.1 Å². The van der Waals surface area contributed by atoms with Gasteiger partial charge in [-0.1, -0.05) is 47.8 Å². The molecule has 0 aromatic heterocycles. The van der Waals surface area contributed by atoms with Crippen molar-refractivity contribution >= 4 is 52.7 Å². The normalized spacial score (nSPS) is 22.5. The maximum Gasteiger partial charge on any atom is 0.415 e. The van der Waals surface area contributed by atoms with E-state index in [1.807, 2.05) is 22.8 Å². The largest absolute Gasteiger partial charge is 0.415 e. The summed E-state index contributed by atoms with van der Waals surface area (Å²) in [6, 6.07) is 11.7. The predicted molar refractivity (Wildman–Crippen MR) is 151 cm³/mol. The van der Waals surface area contributed by atoms with E-state index in [-0.39, 0.29) is 35.1 Å². The van der Waals surface area contributed by atoms with Gasteiger partial charge in [0.25, 0.3) is 0 Å². The Labute approximate surface area is 243 Å². The molecule has 0 N–H and O–H groups in total. The molecule has 0 bridgehead atoms. The third-order valence-electron chi connectivity index (χ3n) is 8.42. The van der Waals surface area contributed by atoms with Crippen molar-refractivity contribution in [2.24, 2.45) is 11.3 Å². The summed E-state index contributed by atoms with van der Waals surface area (Å²) in [5.41, 5.74) is 0.700. The molecule has 3 aliphatic rings. The quantitative estimate of drug-likeness (QED) is 0.420. The third kappa shape index (κ3) is 6.01. The molecule has 39 heavy (non-hydrogen) atoms. The summed E-state index contributed by atoms with van der Waals surface area (Å²) in [5.74, 6) is 0.333. The first-order chi connectivity index (χ1) is 18.6. The van der Waals surface area contributed by atoms with E-state index in [1.165, 1.54) is 0 Å². The molecule has 2 aromatic rings. The average molecular weight is 593 g/mol. The fraction of sp³-hybridized carbons (Fsp3) is 0.483. The van der Waals surface area contributed by atoms with Gasteiger partial charge >= 0.3 is 6.09 Å². The number of amides is 3. The number of piperidine rings is 1. The minimum Gasteiger partial charge on any atom is -0.410 e. The van der Waals surface area contributed by atoms with Gasteiger partial charge in [-0.25, -0.2) is 4.79 Å². The second kappa shape index (κ2) is 11.2. The van der Waals surface area contributed by atoms with Gasteiger partial charge in [0.15, 0.2) is 0 Å². The number of carbonyl (C=O) groups excluding carboxylic acids is 3. The topological polar surface area (TPSA) is 70.2 Å².